The number of rotatable bonds is 8. The molecule has 24 heavy (non-hydrogen) atoms. The van der Waals surface area contributed by atoms with E-state index < -0.39 is 6.10 Å². The maximum absolute atomic E-state index is 12.0. The number of aryl methyl sites for hydroxylation is 1. The lowest BCUT2D eigenvalue weighted by molar-refractivity contribution is -0.127. The standard InChI is InChI=1S/C19H22ClNO2S/c1-14-3-5-16(6-4-14)13-24-12-11-21-19(22)15(2)23-18-9-7-17(20)8-10-18/h3-10,15H,11-13H2,1-2H3,(H,21,22)/t15-/m1/s1. The maximum Gasteiger partial charge on any atom is 0.260 e. The number of halogens is 1. The van der Waals surface area contributed by atoms with Crippen LogP contribution in [0.3, 0.4) is 0 Å². The van der Waals surface area contributed by atoms with Crippen molar-refractivity contribution in [2.75, 3.05) is 12.3 Å². The van der Waals surface area contributed by atoms with E-state index in [4.69, 9.17) is 16.3 Å². The minimum Gasteiger partial charge on any atom is -0.481 e. The largest absolute Gasteiger partial charge is 0.481 e. The molecular formula is C19H22ClNO2S. The van der Waals surface area contributed by atoms with Crippen LogP contribution in [-0.2, 0) is 10.5 Å². The summed E-state index contributed by atoms with van der Waals surface area (Å²) < 4.78 is 5.59. The summed E-state index contributed by atoms with van der Waals surface area (Å²) in [6.45, 7) is 4.45. The molecule has 2 rings (SSSR count). The van der Waals surface area contributed by atoms with Crippen molar-refractivity contribution in [1.29, 1.82) is 0 Å². The summed E-state index contributed by atoms with van der Waals surface area (Å²) in [4.78, 5) is 12.0. The highest BCUT2D eigenvalue weighted by Gasteiger charge is 2.13. The summed E-state index contributed by atoms with van der Waals surface area (Å²) in [5.74, 6) is 2.34. The molecule has 1 amide bonds. The van der Waals surface area contributed by atoms with E-state index >= 15 is 0 Å². The quantitative estimate of drug-likeness (QED) is 0.703. The minimum atomic E-state index is -0.534. The van der Waals surface area contributed by atoms with Gasteiger partial charge >= 0.3 is 0 Å². The van der Waals surface area contributed by atoms with E-state index in [0.29, 0.717) is 17.3 Å². The second-order valence-corrected chi connectivity index (χ2v) is 7.08. The predicted molar refractivity (Wildman–Crippen MR) is 102 cm³/mol. The van der Waals surface area contributed by atoms with Gasteiger partial charge in [0.1, 0.15) is 5.75 Å². The Labute approximate surface area is 152 Å². The fourth-order valence-electron chi connectivity index (χ4n) is 2.04. The van der Waals surface area contributed by atoms with Crippen LogP contribution in [0.4, 0.5) is 0 Å². The van der Waals surface area contributed by atoms with Crippen molar-refractivity contribution in [1.82, 2.24) is 5.32 Å². The zero-order valence-electron chi connectivity index (χ0n) is 13.9. The lowest BCUT2D eigenvalue weighted by atomic mass is 10.2. The van der Waals surface area contributed by atoms with E-state index in [2.05, 4.69) is 36.5 Å². The molecule has 2 aromatic carbocycles. The molecule has 0 fully saturated rings. The first-order chi connectivity index (χ1) is 11.5. The van der Waals surface area contributed by atoms with Crippen molar-refractivity contribution in [3.8, 4) is 5.75 Å². The topological polar surface area (TPSA) is 38.3 Å². The number of hydrogen-bond donors (Lipinski definition) is 1. The molecule has 2 aromatic rings. The van der Waals surface area contributed by atoms with Crippen molar-refractivity contribution >= 4 is 29.3 Å². The molecule has 0 aliphatic heterocycles. The van der Waals surface area contributed by atoms with Crippen LogP contribution in [0.2, 0.25) is 5.02 Å². The van der Waals surface area contributed by atoms with Crippen LogP contribution in [-0.4, -0.2) is 24.3 Å². The van der Waals surface area contributed by atoms with Crippen LogP contribution >= 0.6 is 23.4 Å². The first-order valence-corrected chi connectivity index (χ1v) is 9.41. The van der Waals surface area contributed by atoms with Gasteiger partial charge in [-0.3, -0.25) is 4.79 Å². The van der Waals surface area contributed by atoms with Crippen LogP contribution in [0.25, 0.3) is 0 Å². The second kappa shape index (κ2) is 9.60. The maximum atomic E-state index is 12.0. The van der Waals surface area contributed by atoms with E-state index in [1.165, 1.54) is 11.1 Å². The Hall–Kier alpha value is -1.65. The fraction of sp³-hybridized carbons (Fsp3) is 0.316. The van der Waals surface area contributed by atoms with Gasteiger partial charge in [0.2, 0.25) is 0 Å². The van der Waals surface area contributed by atoms with E-state index in [1.807, 2.05) is 0 Å². The Balaban J connectivity index is 1.63. The first kappa shape index (κ1) is 18.7. The lowest BCUT2D eigenvalue weighted by Gasteiger charge is -2.14. The van der Waals surface area contributed by atoms with Gasteiger partial charge in [-0.05, 0) is 43.7 Å². The van der Waals surface area contributed by atoms with Crippen LogP contribution in [0.5, 0.6) is 5.75 Å². The van der Waals surface area contributed by atoms with E-state index in [9.17, 15) is 4.79 Å². The van der Waals surface area contributed by atoms with Gasteiger partial charge in [0.05, 0.1) is 0 Å². The molecule has 1 N–H and O–H groups in total. The van der Waals surface area contributed by atoms with Gasteiger partial charge in [-0.2, -0.15) is 11.8 Å². The summed E-state index contributed by atoms with van der Waals surface area (Å²) >= 11 is 7.63. The summed E-state index contributed by atoms with van der Waals surface area (Å²) in [6, 6.07) is 15.5. The summed E-state index contributed by atoms with van der Waals surface area (Å²) in [5.41, 5.74) is 2.57. The number of carbonyl (C=O) groups is 1. The van der Waals surface area contributed by atoms with Gasteiger partial charge in [-0.25, -0.2) is 0 Å². The molecule has 3 nitrogen and oxygen atoms in total. The highest BCUT2D eigenvalue weighted by Crippen LogP contribution is 2.17. The average molecular weight is 364 g/mol. The van der Waals surface area contributed by atoms with Crippen molar-refractivity contribution in [3.05, 3.63) is 64.7 Å². The smallest absolute Gasteiger partial charge is 0.260 e. The molecule has 0 heterocycles. The zero-order chi connectivity index (χ0) is 17.4. The van der Waals surface area contributed by atoms with Crippen LogP contribution in [0.1, 0.15) is 18.1 Å². The Morgan fingerprint density at radius 3 is 2.50 bits per heavy atom. The van der Waals surface area contributed by atoms with Crippen LogP contribution < -0.4 is 10.1 Å². The van der Waals surface area contributed by atoms with E-state index in [1.54, 1.807) is 43.0 Å². The fourth-order valence-corrected chi connectivity index (χ4v) is 2.98. The Morgan fingerprint density at radius 2 is 1.83 bits per heavy atom. The summed E-state index contributed by atoms with van der Waals surface area (Å²) in [6.07, 6.45) is -0.534. The number of amides is 1. The molecule has 128 valence electrons. The predicted octanol–water partition coefficient (Wildman–Crippen LogP) is 4.47. The number of thioether (sulfide) groups is 1. The van der Waals surface area contributed by atoms with Gasteiger partial charge < -0.3 is 10.1 Å². The number of nitrogens with one attached hydrogen (secondary N) is 1. The number of carbonyl (C=O) groups excluding carboxylic acids is 1. The zero-order valence-corrected chi connectivity index (χ0v) is 15.5. The lowest BCUT2D eigenvalue weighted by Crippen LogP contribution is -2.37. The molecule has 0 saturated heterocycles. The molecule has 5 heteroatoms. The summed E-state index contributed by atoms with van der Waals surface area (Å²) in [7, 11) is 0. The molecule has 0 aliphatic rings. The van der Waals surface area contributed by atoms with Crippen molar-refractivity contribution in [2.45, 2.75) is 25.7 Å². The third kappa shape index (κ3) is 6.46. The van der Waals surface area contributed by atoms with E-state index in [0.717, 1.165) is 11.5 Å². The van der Waals surface area contributed by atoms with Gasteiger partial charge in [-0.15, -0.1) is 0 Å². The van der Waals surface area contributed by atoms with Crippen molar-refractivity contribution < 1.29 is 9.53 Å². The third-order valence-corrected chi connectivity index (χ3v) is 4.71. The average Bonchev–Trinajstić information content (AvgIpc) is 2.58. The molecule has 0 aliphatic carbocycles. The molecule has 0 aromatic heterocycles. The van der Waals surface area contributed by atoms with Crippen LogP contribution in [0.15, 0.2) is 48.5 Å². The molecular weight excluding hydrogens is 342 g/mol. The number of hydrogen-bond acceptors (Lipinski definition) is 3. The highest BCUT2D eigenvalue weighted by atomic mass is 35.5. The molecule has 0 radical (unpaired) electrons. The van der Waals surface area contributed by atoms with E-state index in [-0.39, 0.29) is 5.91 Å². The molecule has 1 atom stereocenters. The summed E-state index contributed by atoms with van der Waals surface area (Å²) in [5, 5.41) is 3.54. The Kier molecular flexibility index (Phi) is 7.47. The minimum absolute atomic E-state index is 0.110. The first-order valence-electron chi connectivity index (χ1n) is 7.88. The number of benzene rings is 2. The van der Waals surface area contributed by atoms with Crippen molar-refractivity contribution in [2.24, 2.45) is 0 Å². The van der Waals surface area contributed by atoms with Gasteiger partial charge in [0.25, 0.3) is 5.91 Å². The van der Waals surface area contributed by atoms with Crippen molar-refractivity contribution in [3.63, 3.8) is 0 Å². The van der Waals surface area contributed by atoms with Gasteiger partial charge in [-0.1, -0.05) is 41.4 Å². The molecule has 0 saturated carbocycles. The molecule has 0 spiro atoms. The SMILES string of the molecule is Cc1ccc(CSCCNC(=O)[C@@H](C)Oc2ccc(Cl)cc2)cc1. The van der Waals surface area contributed by atoms with Gasteiger partial charge in [0.15, 0.2) is 6.10 Å². The van der Waals surface area contributed by atoms with Gasteiger partial charge in [0, 0.05) is 23.1 Å². The molecule has 0 unspecified atom stereocenters. The Morgan fingerprint density at radius 1 is 1.17 bits per heavy atom. The highest BCUT2D eigenvalue weighted by molar-refractivity contribution is 7.98. The van der Waals surface area contributed by atoms with Crippen LogP contribution in [0, 0.1) is 6.92 Å². The third-order valence-electron chi connectivity index (χ3n) is 3.43. The monoisotopic (exact) mass is 363 g/mol. The normalized spacial score (nSPS) is 11.8. The molecule has 0 bridgehead atoms. The second-order valence-electron chi connectivity index (χ2n) is 5.54. The Bertz CT molecular complexity index is 643. The number of ether oxygens (including phenoxy) is 1.